The fraction of sp³-hybridized carbons (Fsp3) is 0.536. The van der Waals surface area contributed by atoms with Gasteiger partial charge < -0.3 is 24.6 Å². The Hall–Kier alpha value is -2.71. The lowest BCUT2D eigenvalue weighted by molar-refractivity contribution is -0.137. The molecule has 13 heteroatoms. The van der Waals surface area contributed by atoms with E-state index in [1.165, 1.54) is 24.3 Å². The van der Waals surface area contributed by atoms with Gasteiger partial charge in [-0.25, -0.2) is 13.2 Å². The predicted molar refractivity (Wildman–Crippen MR) is 142 cm³/mol. The number of rotatable bonds is 11. The van der Waals surface area contributed by atoms with Gasteiger partial charge >= 0.3 is 12.3 Å². The Kier molecular flexibility index (Phi) is 5.98. The molecule has 41 heavy (non-hydrogen) atoms. The first-order valence-electron chi connectivity index (χ1n) is 18.2. The summed E-state index contributed by atoms with van der Waals surface area (Å²) in [5.41, 5.74) is -1.00. The number of ether oxygens (including phenoxy) is 3. The SMILES string of the molecule is [2H]C([2H])([2H])C([2H])(C([2H])([2H])[2H])C([2H])([2H])N(C[C@@H](O)[C@H](Cc1ccccc1)NC(=O)O[C@]1([2H])[C@@H]2CCO[C@@H]2OC1([2H])[2H])S(=O)(=O)c1ccc(C(F)(F)F)cc1. The van der Waals surface area contributed by atoms with Crippen LogP contribution in [0, 0.1) is 11.8 Å². The molecule has 2 aliphatic heterocycles. The van der Waals surface area contributed by atoms with Crippen molar-refractivity contribution in [3.8, 4) is 0 Å². The third-order valence-corrected chi connectivity index (χ3v) is 7.97. The number of aliphatic hydroxyl groups excluding tert-OH is 1. The van der Waals surface area contributed by atoms with Crippen LogP contribution in [0.3, 0.4) is 0 Å². The molecular formula is C28H35F3N2O7S. The summed E-state index contributed by atoms with van der Waals surface area (Å²) in [4.78, 5) is 12.2. The number of aliphatic hydroxyl groups is 1. The average molecular weight is 613 g/mol. The minimum Gasteiger partial charge on any atom is -0.443 e. The second-order valence-corrected chi connectivity index (χ2v) is 11.0. The molecule has 2 fully saturated rings. The molecule has 2 aromatic rings. The standard InChI is InChI=1S/C28H35F3N2O7S/c1-18(2)15-33(41(36,37)21-10-8-20(9-11-21)28(29,30)31)16-24(34)23(14-19-6-4-3-5-7-19)32-27(35)40-25-17-39-26-22(25)12-13-38-26/h3-11,18,22-26,34H,12-17H2,1-2H3,(H,32,35)/t22-,23-,24+,25-,26+/m0/s1/i1D3,2D3,15D2,17D2,18D,25D. The first-order valence-corrected chi connectivity index (χ1v) is 13.7. The van der Waals surface area contributed by atoms with Crippen LogP contribution in [0.2, 0.25) is 0 Å². The highest BCUT2D eigenvalue weighted by Crippen LogP contribution is 2.33. The molecule has 0 bridgehead atoms. The van der Waals surface area contributed by atoms with Crippen molar-refractivity contribution < 1.29 is 62.1 Å². The van der Waals surface area contributed by atoms with Crippen molar-refractivity contribution in [3.05, 3.63) is 65.7 Å². The van der Waals surface area contributed by atoms with Gasteiger partial charge in [0.15, 0.2) is 6.29 Å². The van der Waals surface area contributed by atoms with Gasteiger partial charge in [-0.3, -0.25) is 0 Å². The molecular weight excluding hydrogens is 565 g/mol. The van der Waals surface area contributed by atoms with Crippen molar-refractivity contribution in [2.45, 2.75) is 62.1 Å². The molecule has 0 aliphatic carbocycles. The van der Waals surface area contributed by atoms with Crippen LogP contribution in [-0.2, 0) is 36.8 Å². The predicted octanol–water partition coefficient (Wildman–Crippen LogP) is 3.81. The van der Waals surface area contributed by atoms with E-state index in [2.05, 4.69) is 5.32 Å². The molecule has 226 valence electrons. The van der Waals surface area contributed by atoms with Crippen molar-refractivity contribution in [3.63, 3.8) is 0 Å². The number of nitrogens with zero attached hydrogens (tertiary/aromatic N) is 1. The van der Waals surface area contributed by atoms with E-state index in [4.69, 9.17) is 30.7 Å². The number of hydrogen-bond acceptors (Lipinski definition) is 7. The smallest absolute Gasteiger partial charge is 0.416 e. The van der Waals surface area contributed by atoms with Gasteiger partial charge in [0.2, 0.25) is 10.0 Å². The molecule has 2 aromatic carbocycles. The lowest BCUT2D eigenvalue weighted by atomic mass is 10.0. The highest BCUT2D eigenvalue weighted by Gasteiger charge is 2.44. The van der Waals surface area contributed by atoms with Crippen LogP contribution >= 0.6 is 0 Å². The fourth-order valence-electron chi connectivity index (χ4n) is 4.22. The van der Waals surface area contributed by atoms with Gasteiger partial charge in [0.05, 0.1) is 45.8 Å². The number of sulfonamides is 1. The van der Waals surface area contributed by atoms with E-state index in [1.807, 2.05) is 0 Å². The summed E-state index contributed by atoms with van der Waals surface area (Å²) in [6.45, 7) is -17.0. The molecule has 4 rings (SSSR count). The zero-order valence-corrected chi connectivity index (χ0v) is 22.0. The molecule has 9 nitrogen and oxygen atoms in total. The summed E-state index contributed by atoms with van der Waals surface area (Å²) in [7, 11) is -5.65. The molecule has 2 heterocycles. The summed E-state index contributed by atoms with van der Waals surface area (Å²) in [5.74, 6) is -5.40. The number of amides is 1. The number of benzene rings is 2. The Morgan fingerprint density at radius 3 is 2.63 bits per heavy atom. The van der Waals surface area contributed by atoms with Gasteiger partial charge in [0.25, 0.3) is 0 Å². The number of carbonyl (C=O) groups is 1. The molecule has 2 N–H and O–H groups in total. The maximum Gasteiger partial charge on any atom is 0.416 e. The Bertz CT molecular complexity index is 1720. The molecule has 0 saturated carbocycles. The molecule has 0 aromatic heterocycles. The molecule has 2 saturated heterocycles. The monoisotopic (exact) mass is 612 g/mol. The van der Waals surface area contributed by atoms with E-state index in [9.17, 15) is 31.5 Å². The second-order valence-electron chi connectivity index (χ2n) is 9.16. The maximum absolute atomic E-state index is 14.1. The molecule has 1 amide bonds. The molecule has 0 unspecified atom stereocenters. The molecule has 2 aliphatic rings. The van der Waals surface area contributed by atoms with Crippen LogP contribution < -0.4 is 5.32 Å². The number of hydrogen-bond donors (Lipinski definition) is 2. The lowest BCUT2D eigenvalue weighted by Crippen LogP contribution is -2.51. The van der Waals surface area contributed by atoms with E-state index in [-0.39, 0.29) is 13.0 Å². The Morgan fingerprint density at radius 2 is 1.98 bits per heavy atom. The quantitative estimate of drug-likeness (QED) is 0.397. The number of carbonyl (C=O) groups excluding carboxylic acids is 1. The Balaban J connectivity index is 1.79. The summed E-state index contributed by atoms with van der Waals surface area (Å²) >= 11 is 0. The third kappa shape index (κ3) is 7.98. The number of nitrogens with one attached hydrogen (secondary N) is 1. The second kappa shape index (κ2) is 13.1. The lowest BCUT2D eigenvalue weighted by Gasteiger charge is -2.31. The topological polar surface area (TPSA) is 114 Å². The normalized spacial score (nSPS) is 31.0. The molecule has 0 radical (unpaired) electrons. The molecule has 0 spiro atoms. The van der Waals surface area contributed by atoms with Crippen LogP contribution in [0.4, 0.5) is 18.0 Å². The van der Waals surface area contributed by atoms with Crippen LogP contribution in [-0.4, -0.2) is 74.6 Å². The maximum atomic E-state index is 14.1. The highest BCUT2D eigenvalue weighted by molar-refractivity contribution is 7.89. The fourth-order valence-corrected chi connectivity index (χ4v) is 5.52. The average Bonchev–Trinajstić information content (AvgIpc) is 3.55. The van der Waals surface area contributed by atoms with Gasteiger partial charge in [-0.05, 0) is 48.6 Å². The largest absolute Gasteiger partial charge is 0.443 e. The summed E-state index contributed by atoms with van der Waals surface area (Å²) in [6, 6.07) is 7.22. The summed E-state index contributed by atoms with van der Waals surface area (Å²) in [6.07, 6.45) is -13.2. The van der Waals surface area contributed by atoms with E-state index < -0.39 is 113 Å². The van der Waals surface area contributed by atoms with E-state index in [0.29, 0.717) is 29.8 Å². The number of halogens is 3. The first-order chi connectivity index (χ1) is 24.0. The zero-order chi connectivity index (χ0) is 40.2. The van der Waals surface area contributed by atoms with Crippen molar-refractivity contribution in [2.24, 2.45) is 11.8 Å². The van der Waals surface area contributed by atoms with Crippen molar-refractivity contribution in [2.75, 3.05) is 26.2 Å². The van der Waals surface area contributed by atoms with E-state index in [1.54, 1.807) is 6.07 Å². The molecule has 5 atom stereocenters. The van der Waals surface area contributed by atoms with E-state index >= 15 is 0 Å². The zero-order valence-electron chi connectivity index (χ0n) is 33.2. The van der Waals surface area contributed by atoms with Crippen molar-refractivity contribution in [1.82, 2.24) is 9.62 Å². The first kappa shape index (κ1) is 18.7. The summed E-state index contributed by atoms with van der Waals surface area (Å²) in [5, 5.41) is 13.7. The Labute approximate surface area is 254 Å². The number of alkyl halides is 3. The van der Waals surface area contributed by atoms with Gasteiger partial charge in [-0.15, -0.1) is 0 Å². The highest BCUT2D eigenvalue weighted by atomic mass is 32.2. The number of fused-ring (bicyclic) bond motifs is 1. The minimum absolute atomic E-state index is 0.0432. The van der Waals surface area contributed by atoms with Gasteiger partial charge in [0, 0.05) is 25.4 Å². The minimum atomic E-state index is -5.65. The summed E-state index contributed by atoms with van der Waals surface area (Å²) < 4.78 is 181. The van der Waals surface area contributed by atoms with Crippen LogP contribution in [0.15, 0.2) is 59.5 Å². The van der Waals surface area contributed by atoms with Gasteiger partial charge in [0.1, 0.15) is 6.08 Å². The van der Waals surface area contributed by atoms with Crippen molar-refractivity contribution in [1.29, 1.82) is 0 Å². The third-order valence-electron chi connectivity index (χ3n) is 6.28. The van der Waals surface area contributed by atoms with Crippen LogP contribution in [0.1, 0.15) is 47.7 Å². The van der Waals surface area contributed by atoms with E-state index in [0.717, 1.165) is 0 Å². The number of alkyl carbamates (subject to hydrolysis) is 1. The van der Waals surface area contributed by atoms with Crippen LogP contribution in [0.5, 0.6) is 0 Å². The van der Waals surface area contributed by atoms with Crippen LogP contribution in [0.25, 0.3) is 0 Å². The Morgan fingerprint density at radius 1 is 1.27 bits per heavy atom. The van der Waals surface area contributed by atoms with Gasteiger partial charge in [-0.2, -0.15) is 17.5 Å². The van der Waals surface area contributed by atoms with Crippen molar-refractivity contribution >= 4 is 16.1 Å². The van der Waals surface area contributed by atoms with Gasteiger partial charge in [-0.1, -0.05) is 44.0 Å².